The second-order valence-corrected chi connectivity index (χ2v) is 4.09. The third kappa shape index (κ3) is 2.39. The molecule has 3 aromatic rings. The molecule has 0 unspecified atom stereocenters. The summed E-state index contributed by atoms with van der Waals surface area (Å²) in [5, 5.41) is 13.8. The molecule has 1 N–H and O–H groups in total. The molecule has 0 saturated carbocycles. The van der Waals surface area contributed by atoms with Gasteiger partial charge in [0.25, 0.3) is 5.91 Å². The summed E-state index contributed by atoms with van der Waals surface area (Å²) in [6.07, 6.45) is 1.45. The molecule has 0 atom stereocenters. The zero-order valence-corrected chi connectivity index (χ0v) is 10.5. The molecule has 2 aromatic carbocycles. The predicted molar refractivity (Wildman–Crippen MR) is 73.5 cm³/mol. The highest BCUT2D eigenvalue weighted by molar-refractivity contribution is 6.06. The molecule has 0 fully saturated rings. The topological polar surface area (TPSA) is 72.7 Å². The zero-order chi connectivity index (χ0) is 13.8. The Labute approximate surface area is 115 Å². The number of tetrazole rings is 1. The van der Waals surface area contributed by atoms with Crippen molar-refractivity contribution in [2.24, 2.45) is 0 Å². The van der Waals surface area contributed by atoms with Crippen LogP contribution in [0.4, 0.5) is 5.69 Å². The molecule has 0 aliphatic carbocycles. The molecule has 3 rings (SSSR count). The Hall–Kier alpha value is -3.02. The van der Waals surface area contributed by atoms with Crippen molar-refractivity contribution < 1.29 is 4.79 Å². The number of aromatic nitrogens is 4. The first kappa shape index (κ1) is 12.0. The maximum atomic E-state index is 12.3. The molecular formula is C14H11N5O. The minimum Gasteiger partial charge on any atom is -0.322 e. The van der Waals surface area contributed by atoms with Crippen molar-refractivity contribution in [1.82, 2.24) is 20.2 Å². The minimum absolute atomic E-state index is 0.206. The Morgan fingerprint density at radius 2 is 1.75 bits per heavy atom. The van der Waals surface area contributed by atoms with E-state index in [0.717, 1.165) is 5.69 Å². The number of anilines is 1. The lowest BCUT2D eigenvalue weighted by molar-refractivity contribution is 0.102. The van der Waals surface area contributed by atoms with E-state index >= 15 is 0 Å². The summed E-state index contributed by atoms with van der Waals surface area (Å²) in [7, 11) is 0. The molecule has 1 amide bonds. The zero-order valence-electron chi connectivity index (χ0n) is 10.5. The summed E-state index contributed by atoms with van der Waals surface area (Å²) in [6.45, 7) is 0. The fourth-order valence-corrected chi connectivity index (χ4v) is 1.86. The molecule has 1 aromatic heterocycles. The normalized spacial score (nSPS) is 10.2. The summed E-state index contributed by atoms with van der Waals surface area (Å²) in [5.74, 6) is -0.206. The number of amides is 1. The van der Waals surface area contributed by atoms with Gasteiger partial charge < -0.3 is 5.32 Å². The number of rotatable bonds is 3. The number of carbonyl (C=O) groups is 1. The molecule has 6 heteroatoms. The van der Waals surface area contributed by atoms with Gasteiger partial charge in [0.2, 0.25) is 0 Å². The molecule has 0 aliphatic heterocycles. The van der Waals surface area contributed by atoms with Gasteiger partial charge in [0.15, 0.2) is 0 Å². The van der Waals surface area contributed by atoms with Crippen molar-refractivity contribution in [1.29, 1.82) is 0 Å². The van der Waals surface area contributed by atoms with E-state index in [-0.39, 0.29) is 5.91 Å². The van der Waals surface area contributed by atoms with Gasteiger partial charge in [0.05, 0.1) is 11.3 Å². The molecule has 0 bridgehead atoms. The Morgan fingerprint density at radius 1 is 1.00 bits per heavy atom. The molecule has 0 spiro atoms. The Bertz CT molecular complexity index is 709. The van der Waals surface area contributed by atoms with E-state index in [2.05, 4.69) is 20.8 Å². The predicted octanol–water partition coefficient (Wildman–Crippen LogP) is 1.91. The Balaban J connectivity index is 1.93. The summed E-state index contributed by atoms with van der Waals surface area (Å²) in [6, 6.07) is 16.4. The molecular weight excluding hydrogens is 254 g/mol. The first-order valence-corrected chi connectivity index (χ1v) is 6.03. The van der Waals surface area contributed by atoms with E-state index in [9.17, 15) is 4.79 Å². The largest absolute Gasteiger partial charge is 0.322 e. The lowest BCUT2D eigenvalue weighted by Gasteiger charge is -2.09. The van der Waals surface area contributed by atoms with Crippen LogP contribution in [0.15, 0.2) is 60.9 Å². The molecule has 20 heavy (non-hydrogen) atoms. The second-order valence-electron chi connectivity index (χ2n) is 4.09. The van der Waals surface area contributed by atoms with Crippen molar-refractivity contribution in [2.45, 2.75) is 0 Å². The lowest BCUT2D eigenvalue weighted by Crippen LogP contribution is -2.15. The second kappa shape index (κ2) is 5.31. The number of carbonyl (C=O) groups excluding carboxylic acids is 1. The molecule has 0 radical (unpaired) electrons. The molecule has 0 saturated heterocycles. The summed E-state index contributed by atoms with van der Waals surface area (Å²) >= 11 is 0. The van der Waals surface area contributed by atoms with Gasteiger partial charge in [0, 0.05) is 5.69 Å². The van der Waals surface area contributed by atoms with Crippen LogP contribution >= 0.6 is 0 Å². The van der Waals surface area contributed by atoms with E-state index in [0.29, 0.717) is 11.3 Å². The van der Waals surface area contributed by atoms with E-state index in [1.165, 1.54) is 11.0 Å². The maximum absolute atomic E-state index is 12.3. The smallest absolute Gasteiger partial charge is 0.257 e. The van der Waals surface area contributed by atoms with Crippen LogP contribution in [0.1, 0.15) is 10.4 Å². The molecule has 1 heterocycles. The van der Waals surface area contributed by atoms with Gasteiger partial charge >= 0.3 is 0 Å². The van der Waals surface area contributed by atoms with Crippen molar-refractivity contribution in [3.8, 4) is 5.69 Å². The van der Waals surface area contributed by atoms with E-state index in [1.54, 1.807) is 18.2 Å². The van der Waals surface area contributed by atoms with Gasteiger partial charge in [-0.3, -0.25) is 4.79 Å². The van der Waals surface area contributed by atoms with Crippen LogP contribution in [0.25, 0.3) is 5.69 Å². The highest BCUT2D eigenvalue weighted by atomic mass is 16.1. The van der Waals surface area contributed by atoms with Gasteiger partial charge in [-0.1, -0.05) is 30.3 Å². The third-order valence-corrected chi connectivity index (χ3v) is 2.78. The molecule has 0 aliphatic rings. The van der Waals surface area contributed by atoms with Crippen LogP contribution in [0.5, 0.6) is 0 Å². The number of nitrogens with one attached hydrogen (secondary N) is 1. The molecule has 6 nitrogen and oxygen atoms in total. The first-order chi connectivity index (χ1) is 9.84. The number of nitrogens with zero attached hydrogens (tertiary/aromatic N) is 4. The Kier molecular flexibility index (Phi) is 3.20. The Morgan fingerprint density at radius 3 is 2.50 bits per heavy atom. The van der Waals surface area contributed by atoms with Crippen LogP contribution in [-0.4, -0.2) is 26.1 Å². The van der Waals surface area contributed by atoms with Gasteiger partial charge in [-0.2, -0.15) is 4.68 Å². The van der Waals surface area contributed by atoms with Gasteiger partial charge in [-0.25, -0.2) is 0 Å². The van der Waals surface area contributed by atoms with Crippen LogP contribution in [0, 0.1) is 0 Å². The highest BCUT2D eigenvalue weighted by Crippen LogP contribution is 2.15. The van der Waals surface area contributed by atoms with Crippen LogP contribution in [-0.2, 0) is 0 Å². The third-order valence-electron chi connectivity index (χ3n) is 2.78. The van der Waals surface area contributed by atoms with Crippen LogP contribution in [0.3, 0.4) is 0 Å². The molecule has 98 valence electrons. The van der Waals surface area contributed by atoms with Crippen molar-refractivity contribution in [3.05, 3.63) is 66.5 Å². The van der Waals surface area contributed by atoms with Crippen molar-refractivity contribution in [3.63, 3.8) is 0 Å². The number of benzene rings is 2. The van der Waals surface area contributed by atoms with E-state index in [4.69, 9.17) is 0 Å². The summed E-state index contributed by atoms with van der Waals surface area (Å²) in [4.78, 5) is 12.3. The first-order valence-electron chi connectivity index (χ1n) is 6.03. The summed E-state index contributed by atoms with van der Waals surface area (Å²) in [5.41, 5.74) is 1.87. The lowest BCUT2D eigenvalue weighted by atomic mass is 10.1. The number of hydrogen-bond acceptors (Lipinski definition) is 4. The van der Waals surface area contributed by atoms with Gasteiger partial charge in [-0.05, 0) is 34.7 Å². The van der Waals surface area contributed by atoms with Gasteiger partial charge in [0.1, 0.15) is 6.33 Å². The van der Waals surface area contributed by atoms with Crippen LogP contribution in [0.2, 0.25) is 0 Å². The van der Waals surface area contributed by atoms with E-state index in [1.807, 2.05) is 36.4 Å². The number of para-hydroxylation sites is 2. The number of hydrogen-bond donors (Lipinski definition) is 1. The average molecular weight is 265 g/mol. The van der Waals surface area contributed by atoms with Crippen LogP contribution < -0.4 is 5.32 Å². The standard InChI is InChI=1S/C14H11N5O/c20-14(16-11-6-2-1-3-7-11)12-8-4-5-9-13(12)19-10-15-17-18-19/h1-10H,(H,16,20). The quantitative estimate of drug-likeness (QED) is 0.785. The van der Waals surface area contributed by atoms with Gasteiger partial charge in [-0.15, -0.1) is 5.10 Å². The fourth-order valence-electron chi connectivity index (χ4n) is 1.86. The fraction of sp³-hybridized carbons (Fsp3) is 0. The minimum atomic E-state index is -0.206. The maximum Gasteiger partial charge on any atom is 0.257 e. The average Bonchev–Trinajstić information content (AvgIpc) is 3.02. The summed E-state index contributed by atoms with van der Waals surface area (Å²) < 4.78 is 1.46. The van der Waals surface area contributed by atoms with Crippen molar-refractivity contribution >= 4 is 11.6 Å². The highest BCUT2D eigenvalue weighted by Gasteiger charge is 2.13. The van der Waals surface area contributed by atoms with E-state index < -0.39 is 0 Å². The van der Waals surface area contributed by atoms with Crippen molar-refractivity contribution in [2.75, 3.05) is 5.32 Å². The monoisotopic (exact) mass is 265 g/mol. The SMILES string of the molecule is O=C(Nc1ccccc1)c1ccccc1-n1cnnn1.